The Morgan fingerprint density at radius 1 is 1.00 bits per heavy atom. The molecule has 0 saturated carbocycles. The molecule has 1 N–H and O–H groups in total. The van der Waals surface area contributed by atoms with Gasteiger partial charge in [-0.25, -0.2) is 5.06 Å². The van der Waals surface area contributed by atoms with Gasteiger partial charge in [0, 0.05) is 11.8 Å². The van der Waals surface area contributed by atoms with Gasteiger partial charge in [-0.05, 0) is 30.4 Å². The smallest absolute Gasteiger partial charge is 0.249 e. The summed E-state index contributed by atoms with van der Waals surface area (Å²) in [4.78, 5) is 12.2. The van der Waals surface area contributed by atoms with E-state index in [1.165, 1.54) is 5.56 Å². The fourth-order valence-corrected chi connectivity index (χ4v) is 3.30. The van der Waals surface area contributed by atoms with Crippen LogP contribution in [0, 0.1) is 5.92 Å². The number of hydroxylamine groups is 2. The minimum absolute atomic E-state index is 0.0921. The van der Waals surface area contributed by atoms with Gasteiger partial charge in [0.25, 0.3) is 0 Å². The van der Waals surface area contributed by atoms with Gasteiger partial charge < -0.3 is 0 Å². The lowest BCUT2D eigenvalue weighted by molar-refractivity contribution is -0.160. The number of hydrogen-bond acceptors (Lipinski definition) is 2. The number of benzene rings is 2. The Balaban J connectivity index is 1.66. The summed E-state index contributed by atoms with van der Waals surface area (Å²) < 4.78 is 0. The van der Waals surface area contributed by atoms with E-state index < -0.39 is 0 Å². The topological polar surface area (TPSA) is 40.5 Å². The predicted octanol–water partition coefficient (Wildman–Crippen LogP) is 3.64. The highest BCUT2D eigenvalue weighted by Crippen LogP contribution is 2.35. The van der Waals surface area contributed by atoms with Gasteiger partial charge in [-0.15, -0.1) is 0 Å². The van der Waals surface area contributed by atoms with Crippen molar-refractivity contribution in [2.24, 2.45) is 5.92 Å². The van der Waals surface area contributed by atoms with Crippen molar-refractivity contribution in [2.45, 2.75) is 25.2 Å². The number of amides is 1. The van der Waals surface area contributed by atoms with Crippen LogP contribution in [0.25, 0.3) is 0 Å². The van der Waals surface area contributed by atoms with Gasteiger partial charge in [-0.3, -0.25) is 10.0 Å². The summed E-state index contributed by atoms with van der Waals surface area (Å²) in [5.41, 5.74) is 2.43. The molecule has 0 radical (unpaired) electrons. The number of nitrogens with zero attached hydrogens (tertiary/aromatic N) is 1. The van der Waals surface area contributed by atoms with Crippen molar-refractivity contribution in [2.75, 3.05) is 6.54 Å². The van der Waals surface area contributed by atoms with E-state index in [1.807, 2.05) is 48.5 Å². The summed E-state index contributed by atoms with van der Waals surface area (Å²) in [6.45, 7) is 0.402. The zero-order valence-electron chi connectivity index (χ0n) is 12.6. The summed E-state index contributed by atoms with van der Waals surface area (Å²) in [5.74, 6) is -0.160. The minimum Gasteiger partial charge on any atom is -0.286 e. The molecule has 1 heterocycles. The van der Waals surface area contributed by atoms with E-state index in [9.17, 15) is 10.0 Å². The predicted molar refractivity (Wildman–Crippen MR) is 85.6 cm³/mol. The van der Waals surface area contributed by atoms with E-state index in [4.69, 9.17) is 0 Å². The van der Waals surface area contributed by atoms with Gasteiger partial charge in [-0.1, -0.05) is 60.7 Å². The molecule has 1 saturated heterocycles. The van der Waals surface area contributed by atoms with Crippen LogP contribution in [-0.4, -0.2) is 22.7 Å². The van der Waals surface area contributed by atoms with Crippen LogP contribution in [0.15, 0.2) is 60.7 Å². The highest BCUT2D eigenvalue weighted by molar-refractivity contribution is 5.81. The van der Waals surface area contributed by atoms with E-state index in [0.717, 1.165) is 29.9 Å². The second kappa shape index (κ2) is 6.75. The molecule has 0 aliphatic carbocycles. The summed E-state index contributed by atoms with van der Waals surface area (Å²) in [7, 11) is 0. The zero-order chi connectivity index (χ0) is 15.4. The van der Waals surface area contributed by atoms with Gasteiger partial charge in [-0.2, -0.15) is 0 Å². The normalized spacial score (nSPS) is 21.3. The second-order valence-electron chi connectivity index (χ2n) is 5.92. The quantitative estimate of drug-likeness (QED) is 0.856. The van der Waals surface area contributed by atoms with Gasteiger partial charge in [0.2, 0.25) is 5.91 Å². The monoisotopic (exact) mass is 295 g/mol. The third-order valence-electron chi connectivity index (χ3n) is 4.48. The molecule has 0 unspecified atom stereocenters. The molecule has 1 amide bonds. The van der Waals surface area contributed by atoms with Gasteiger partial charge in [0.05, 0.1) is 6.54 Å². The molecular formula is C19H21NO2. The molecule has 1 aliphatic heterocycles. The summed E-state index contributed by atoms with van der Waals surface area (Å²) in [6, 6.07) is 20.4. The largest absolute Gasteiger partial charge is 0.286 e. The van der Waals surface area contributed by atoms with Gasteiger partial charge >= 0.3 is 0 Å². The van der Waals surface area contributed by atoms with E-state index in [1.54, 1.807) is 0 Å². The lowest BCUT2D eigenvalue weighted by Gasteiger charge is -2.16. The minimum atomic E-state index is -0.137. The summed E-state index contributed by atoms with van der Waals surface area (Å²) >= 11 is 0. The van der Waals surface area contributed by atoms with Gasteiger partial charge in [0.1, 0.15) is 0 Å². The highest BCUT2D eigenvalue weighted by Gasteiger charge is 2.40. The van der Waals surface area contributed by atoms with Crippen molar-refractivity contribution in [3.8, 4) is 0 Å². The first kappa shape index (κ1) is 14.8. The molecule has 0 aromatic heterocycles. The summed E-state index contributed by atoms with van der Waals surface area (Å²) in [6.07, 6.45) is 2.74. The van der Waals surface area contributed by atoms with Crippen LogP contribution in [-0.2, 0) is 11.2 Å². The fourth-order valence-electron chi connectivity index (χ4n) is 3.30. The maximum absolute atomic E-state index is 12.2. The Morgan fingerprint density at radius 2 is 1.64 bits per heavy atom. The Kier molecular flexibility index (Phi) is 4.54. The Bertz CT molecular complexity index is 612. The maximum Gasteiger partial charge on any atom is 0.249 e. The first-order chi connectivity index (χ1) is 10.8. The molecular weight excluding hydrogens is 274 g/mol. The number of aryl methyl sites for hydroxylation is 1. The molecule has 2 aromatic rings. The zero-order valence-corrected chi connectivity index (χ0v) is 12.6. The van der Waals surface area contributed by atoms with Crippen molar-refractivity contribution in [3.63, 3.8) is 0 Å². The molecule has 2 atom stereocenters. The molecule has 0 bridgehead atoms. The fraction of sp³-hybridized carbons (Fsp3) is 0.316. The second-order valence-corrected chi connectivity index (χ2v) is 5.92. The maximum atomic E-state index is 12.2. The third-order valence-corrected chi connectivity index (χ3v) is 4.48. The van der Waals surface area contributed by atoms with Crippen LogP contribution < -0.4 is 0 Å². The Morgan fingerprint density at radius 3 is 2.32 bits per heavy atom. The van der Waals surface area contributed by atoms with E-state index in [2.05, 4.69) is 12.1 Å². The molecule has 1 aliphatic rings. The Hall–Kier alpha value is -2.13. The SMILES string of the molecule is O=C1[C@@H](CCCc2ccccc2)[C@@H](c2ccccc2)CN1O. The van der Waals surface area contributed by atoms with E-state index in [0.29, 0.717) is 6.54 Å². The molecule has 2 aromatic carbocycles. The first-order valence-electron chi connectivity index (χ1n) is 7.85. The molecule has 1 fully saturated rings. The van der Waals surface area contributed by atoms with Crippen LogP contribution in [0.4, 0.5) is 0 Å². The van der Waals surface area contributed by atoms with E-state index >= 15 is 0 Å². The molecule has 3 nitrogen and oxygen atoms in total. The van der Waals surface area contributed by atoms with E-state index in [-0.39, 0.29) is 17.7 Å². The molecule has 114 valence electrons. The average Bonchev–Trinajstić information content (AvgIpc) is 2.85. The molecule has 3 rings (SSSR count). The standard InChI is InChI=1S/C19H21NO2/c21-19-17(13-7-10-15-8-3-1-4-9-15)18(14-20(19)22)16-11-5-2-6-12-16/h1-6,8-9,11-12,17-18,22H,7,10,13-14H2/t17-,18+/m0/s1. The lowest BCUT2D eigenvalue weighted by atomic mass is 9.85. The third kappa shape index (κ3) is 3.20. The van der Waals surface area contributed by atoms with Crippen LogP contribution in [0.1, 0.15) is 29.9 Å². The Labute approximate surface area is 131 Å². The molecule has 22 heavy (non-hydrogen) atoms. The van der Waals surface area contributed by atoms with Crippen LogP contribution >= 0.6 is 0 Å². The van der Waals surface area contributed by atoms with Crippen LogP contribution in [0.2, 0.25) is 0 Å². The van der Waals surface area contributed by atoms with Crippen molar-refractivity contribution >= 4 is 5.91 Å². The number of carbonyl (C=O) groups is 1. The average molecular weight is 295 g/mol. The molecule has 0 spiro atoms. The summed E-state index contributed by atoms with van der Waals surface area (Å²) in [5, 5.41) is 10.7. The van der Waals surface area contributed by atoms with Crippen molar-refractivity contribution < 1.29 is 10.0 Å². The van der Waals surface area contributed by atoms with Crippen LogP contribution in [0.5, 0.6) is 0 Å². The first-order valence-corrected chi connectivity index (χ1v) is 7.85. The van der Waals surface area contributed by atoms with Crippen molar-refractivity contribution in [3.05, 3.63) is 71.8 Å². The molecule has 3 heteroatoms. The van der Waals surface area contributed by atoms with Crippen molar-refractivity contribution in [1.82, 2.24) is 5.06 Å². The highest BCUT2D eigenvalue weighted by atomic mass is 16.5. The van der Waals surface area contributed by atoms with Gasteiger partial charge in [0.15, 0.2) is 0 Å². The lowest BCUT2D eigenvalue weighted by Crippen LogP contribution is -2.23. The number of rotatable bonds is 5. The van der Waals surface area contributed by atoms with Crippen molar-refractivity contribution in [1.29, 1.82) is 0 Å². The number of hydrogen-bond donors (Lipinski definition) is 1. The number of carbonyl (C=O) groups excluding carboxylic acids is 1. The van der Waals surface area contributed by atoms with Crippen LogP contribution in [0.3, 0.4) is 0 Å².